The van der Waals surface area contributed by atoms with Gasteiger partial charge in [-0.3, -0.25) is 0 Å². The van der Waals surface area contributed by atoms with Crippen molar-refractivity contribution in [3.05, 3.63) is 29.3 Å². The second kappa shape index (κ2) is 4.13. The van der Waals surface area contributed by atoms with E-state index in [0.29, 0.717) is 6.42 Å². The molecule has 5 heteroatoms. The van der Waals surface area contributed by atoms with Gasteiger partial charge in [0.15, 0.2) is 0 Å². The molecule has 106 valence electrons. The first-order valence-corrected chi connectivity index (χ1v) is 6.14. The van der Waals surface area contributed by atoms with Crippen LogP contribution in [0.3, 0.4) is 0 Å². The molecule has 0 bridgehead atoms. The first-order valence-electron chi connectivity index (χ1n) is 6.14. The lowest BCUT2D eigenvalue weighted by Crippen LogP contribution is -2.28. The number of hydrogen-bond acceptors (Lipinski definition) is 2. The van der Waals surface area contributed by atoms with Gasteiger partial charge in [-0.15, -0.1) is 0 Å². The standard InChI is InChI=1S/C14H18F3NO/c1-12(2)7-13(12,8-18)10-5-4-9(19-3)6-11(10)14(15,16)17/h4-6H,7-8,18H2,1-3H3. The molecule has 0 spiro atoms. The zero-order valence-corrected chi connectivity index (χ0v) is 11.3. The zero-order chi connectivity index (χ0) is 14.5. The average Bonchev–Trinajstić information content (AvgIpc) is 2.91. The van der Waals surface area contributed by atoms with Gasteiger partial charge >= 0.3 is 6.18 Å². The fraction of sp³-hybridized carbons (Fsp3) is 0.571. The van der Waals surface area contributed by atoms with Gasteiger partial charge in [0.1, 0.15) is 5.75 Å². The monoisotopic (exact) mass is 273 g/mol. The molecule has 1 aromatic carbocycles. The fourth-order valence-electron chi connectivity index (χ4n) is 2.93. The van der Waals surface area contributed by atoms with Gasteiger partial charge in [-0.05, 0) is 29.5 Å². The van der Waals surface area contributed by atoms with Gasteiger partial charge in [-0.2, -0.15) is 13.2 Å². The Morgan fingerprint density at radius 2 is 1.89 bits per heavy atom. The maximum atomic E-state index is 13.2. The Kier molecular flexibility index (Phi) is 3.08. The second-order valence-electron chi connectivity index (χ2n) is 5.76. The van der Waals surface area contributed by atoms with E-state index in [1.807, 2.05) is 13.8 Å². The van der Waals surface area contributed by atoms with Crippen LogP contribution in [0.25, 0.3) is 0 Å². The van der Waals surface area contributed by atoms with Crippen LogP contribution in [0.15, 0.2) is 18.2 Å². The summed E-state index contributed by atoms with van der Waals surface area (Å²) in [5.41, 5.74) is 4.63. The third-order valence-electron chi connectivity index (χ3n) is 4.31. The van der Waals surface area contributed by atoms with E-state index in [2.05, 4.69) is 0 Å². The number of benzene rings is 1. The van der Waals surface area contributed by atoms with Crippen LogP contribution in [-0.2, 0) is 11.6 Å². The molecule has 0 aromatic heterocycles. The van der Waals surface area contributed by atoms with Crippen LogP contribution in [0.2, 0.25) is 0 Å². The van der Waals surface area contributed by atoms with Crippen molar-refractivity contribution in [3.63, 3.8) is 0 Å². The van der Waals surface area contributed by atoms with Crippen molar-refractivity contribution >= 4 is 0 Å². The summed E-state index contributed by atoms with van der Waals surface area (Å²) in [6.07, 6.45) is -3.73. The Labute approximate surface area is 110 Å². The first-order chi connectivity index (χ1) is 8.68. The van der Waals surface area contributed by atoms with E-state index in [1.54, 1.807) is 6.07 Å². The Morgan fingerprint density at radius 1 is 1.32 bits per heavy atom. The van der Waals surface area contributed by atoms with Crippen LogP contribution >= 0.6 is 0 Å². The molecule has 1 aliphatic carbocycles. The van der Waals surface area contributed by atoms with Gasteiger partial charge in [-0.25, -0.2) is 0 Å². The van der Waals surface area contributed by atoms with Crippen LogP contribution in [0.5, 0.6) is 5.75 Å². The summed E-state index contributed by atoms with van der Waals surface area (Å²) in [7, 11) is 1.36. The van der Waals surface area contributed by atoms with Gasteiger partial charge in [0, 0.05) is 12.0 Å². The van der Waals surface area contributed by atoms with E-state index in [0.717, 1.165) is 6.07 Å². The van der Waals surface area contributed by atoms with Crippen molar-refractivity contribution in [2.24, 2.45) is 11.1 Å². The average molecular weight is 273 g/mol. The van der Waals surface area contributed by atoms with Crippen LogP contribution in [0, 0.1) is 5.41 Å². The smallest absolute Gasteiger partial charge is 0.416 e. The highest BCUT2D eigenvalue weighted by Crippen LogP contribution is 2.65. The van der Waals surface area contributed by atoms with E-state index < -0.39 is 17.2 Å². The summed E-state index contributed by atoms with van der Waals surface area (Å²) >= 11 is 0. The lowest BCUT2D eigenvalue weighted by Gasteiger charge is -2.24. The number of nitrogens with two attached hydrogens (primary N) is 1. The third kappa shape index (κ3) is 2.10. The van der Waals surface area contributed by atoms with E-state index in [1.165, 1.54) is 13.2 Å². The largest absolute Gasteiger partial charge is 0.497 e. The molecule has 0 radical (unpaired) electrons. The topological polar surface area (TPSA) is 35.2 Å². The molecular formula is C14H18F3NO. The highest BCUT2D eigenvalue weighted by atomic mass is 19.4. The molecule has 2 N–H and O–H groups in total. The molecule has 1 fully saturated rings. The van der Waals surface area contributed by atoms with E-state index in [9.17, 15) is 13.2 Å². The molecule has 1 aromatic rings. The van der Waals surface area contributed by atoms with Crippen molar-refractivity contribution in [3.8, 4) is 5.75 Å². The normalized spacial score (nSPS) is 25.2. The Balaban J connectivity index is 2.58. The molecule has 0 amide bonds. The summed E-state index contributed by atoms with van der Waals surface area (Å²) in [4.78, 5) is 0. The highest BCUT2D eigenvalue weighted by Gasteiger charge is 2.62. The molecule has 0 saturated heterocycles. The van der Waals surface area contributed by atoms with Gasteiger partial charge < -0.3 is 10.5 Å². The van der Waals surface area contributed by atoms with E-state index in [4.69, 9.17) is 10.5 Å². The summed E-state index contributed by atoms with van der Waals surface area (Å²) in [6.45, 7) is 4.11. The van der Waals surface area contributed by atoms with Crippen LogP contribution in [0.4, 0.5) is 13.2 Å². The quantitative estimate of drug-likeness (QED) is 0.916. The minimum Gasteiger partial charge on any atom is -0.497 e. The zero-order valence-electron chi connectivity index (χ0n) is 11.3. The molecule has 0 aliphatic heterocycles. The van der Waals surface area contributed by atoms with Gasteiger partial charge in [0.2, 0.25) is 0 Å². The van der Waals surface area contributed by atoms with Crippen LogP contribution in [0.1, 0.15) is 31.4 Å². The maximum absolute atomic E-state index is 13.2. The van der Waals surface area contributed by atoms with Crippen molar-refractivity contribution in [1.82, 2.24) is 0 Å². The minimum absolute atomic E-state index is 0.198. The summed E-state index contributed by atoms with van der Waals surface area (Å²) in [6, 6.07) is 4.13. The van der Waals surface area contributed by atoms with Crippen LogP contribution < -0.4 is 10.5 Å². The molecule has 1 saturated carbocycles. The maximum Gasteiger partial charge on any atom is 0.416 e. The molecule has 1 atom stereocenters. The third-order valence-corrected chi connectivity index (χ3v) is 4.31. The van der Waals surface area contributed by atoms with Crippen molar-refractivity contribution < 1.29 is 17.9 Å². The molecule has 0 heterocycles. The molecule has 2 rings (SSSR count). The van der Waals surface area contributed by atoms with Gasteiger partial charge in [0.25, 0.3) is 0 Å². The Morgan fingerprint density at radius 3 is 2.26 bits per heavy atom. The number of methoxy groups -OCH3 is 1. The second-order valence-corrected chi connectivity index (χ2v) is 5.76. The first kappa shape index (κ1) is 14.2. The number of halogens is 3. The predicted molar refractivity (Wildman–Crippen MR) is 67.1 cm³/mol. The summed E-state index contributed by atoms with van der Waals surface area (Å²) in [5.74, 6) is 0.210. The summed E-state index contributed by atoms with van der Waals surface area (Å²) in [5, 5.41) is 0. The Bertz CT molecular complexity index is 496. The predicted octanol–water partition coefficient (Wildman–Crippen LogP) is 3.34. The number of hydrogen-bond donors (Lipinski definition) is 1. The molecule has 1 aliphatic rings. The lowest BCUT2D eigenvalue weighted by atomic mass is 9.84. The van der Waals surface area contributed by atoms with E-state index in [-0.39, 0.29) is 23.3 Å². The molecule has 19 heavy (non-hydrogen) atoms. The number of ether oxygens (including phenoxy) is 1. The van der Waals surface area contributed by atoms with Crippen molar-refractivity contribution in [2.75, 3.05) is 13.7 Å². The van der Waals surface area contributed by atoms with E-state index >= 15 is 0 Å². The fourth-order valence-corrected chi connectivity index (χ4v) is 2.93. The Hall–Kier alpha value is -1.23. The van der Waals surface area contributed by atoms with Gasteiger partial charge in [-0.1, -0.05) is 19.9 Å². The summed E-state index contributed by atoms with van der Waals surface area (Å²) < 4.78 is 44.5. The van der Waals surface area contributed by atoms with Crippen LogP contribution in [-0.4, -0.2) is 13.7 Å². The minimum atomic E-state index is -4.40. The van der Waals surface area contributed by atoms with Crippen molar-refractivity contribution in [2.45, 2.75) is 31.9 Å². The SMILES string of the molecule is COc1ccc(C2(CN)CC2(C)C)c(C(F)(F)F)c1. The molecular weight excluding hydrogens is 255 g/mol. The number of alkyl halides is 3. The van der Waals surface area contributed by atoms with Crippen molar-refractivity contribution in [1.29, 1.82) is 0 Å². The lowest BCUT2D eigenvalue weighted by molar-refractivity contribution is -0.138. The molecule has 2 nitrogen and oxygen atoms in total. The highest BCUT2D eigenvalue weighted by molar-refractivity contribution is 5.47. The van der Waals surface area contributed by atoms with Gasteiger partial charge in [0.05, 0.1) is 12.7 Å². The number of rotatable bonds is 3. The molecule has 1 unspecified atom stereocenters.